The zero-order chi connectivity index (χ0) is 17.6. The van der Waals surface area contributed by atoms with Gasteiger partial charge in [0.1, 0.15) is 0 Å². The van der Waals surface area contributed by atoms with Crippen LogP contribution in [0.25, 0.3) is 0 Å². The van der Waals surface area contributed by atoms with E-state index in [1.165, 1.54) is 18.7 Å². The summed E-state index contributed by atoms with van der Waals surface area (Å²) in [6.07, 6.45) is 7.30. The summed E-state index contributed by atoms with van der Waals surface area (Å²) in [7, 11) is 0. The fourth-order valence-corrected chi connectivity index (χ4v) is 5.64. The first kappa shape index (κ1) is 17.1. The van der Waals surface area contributed by atoms with Crippen LogP contribution in [0.4, 0.5) is 5.82 Å². The molecule has 0 unspecified atom stereocenters. The van der Waals surface area contributed by atoms with Gasteiger partial charge in [0.2, 0.25) is 0 Å². The molecule has 5 nitrogen and oxygen atoms in total. The summed E-state index contributed by atoms with van der Waals surface area (Å²) < 4.78 is 5.32. The van der Waals surface area contributed by atoms with Crippen molar-refractivity contribution in [1.29, 1.82) is 0 Å². The van der Waals surface area contributed by atoms with Gasteiger partial charge in [0.15, 0.2) is 12.4 Å². The predicted octanol–water partition coefficient (Wildman–Crippen LogP) is 3.94. The molecule has 0 spiro atoms. The maximum Gasteiger partial charge on any atom is 0.310 e. The molecule has 0 saturated heterocycles. The SMILES string of the molecule is O=C(COC(=O)C1C2CC3CC(C2)CC1C3)Nc1ncc(Cl)cc1Cl. The second-order valence-electron chi connectivity index (χ2n) is 7.60. The summed E-state index contributed by atoms with van der Waals surface area (Å²) in [4.78, 5) is 28.5. The molecule has 1 heterocycles. The lowest BCUT2D eigenvalue weighted by Crippen LogP contribution is -2.48. The molecule has 0 aliphatic heterocycles. The Morgan fingerprint density at radius 3 is 2.36 bits per heavy atom. The Balaban J connectivity index is 1.32. The number of amides is 1. The van der Waals surface area contributed by atoms with Crippen LogP contribution in [0.2, 0.25) is 10.0 Å². The Morgan fingerprint density at radius 1 is 1.12 bits per heavy atom. The molecule has 1 amide bonds. The van der Waals surface area contributed by atoms with Gasteiger partial charge in [0, 0.05) is 6.20 Å². The lowest BCUT2D eigenvalue weighted by molar-refractivity contribution is -0.164. The van der Waals surface area contributed by atoms with Crippen LogP contribution in [0.3, 0.4) is 0 Å². The van der Waals surface area contributed by atoms with Crippen molar-refractivity contribution >= 4 is 40.9 Å². The van der Waals surface area contributed by atoms with Crippen molar-refractivity contribution in [2.45, 2.75) is 32.1 Å². The van der Waals surface area contributed by atoms with Gasteiger partial charge >= 0.3 is 5.97 Å². The van der Waals surface area contributed by atoms with Crippen LogP contribution in [-0.2, 0) is 14.3 Å². The molecule has 25 heavy (non-hydrogen) atoms. The van der Waals surface area contributed by atoms with Crippen molar-refractivity contribution in [3.05, 3.63) is 22.3 Å². The number of nitrogens with zero attached hydrogens (tertiary/aromatic N) is 1. The average Bonchev–Trinajstić information content (AvgIpc) is 2.54. The van der Waals surface area contributed by atoms with Crippen LogP contribution < -0.4 is 5.32 Å². The molecule has 5 rings (SSSR count). The third-order valence-corrected chi connectivity index (χ3v) is 6.40. The molecule has 1 N–H and O–H groups in total. The third-order valence-electron chi connectivity index (χ3n) is 5.91. The number of ether oxygens (including phenoxy) is 1. The van der Waals surface area contributed by atoms with Crippen molar-refractivity contribution < 1.29 is 14.3 Å². The Labute approximate surface area is 156 Å². The number of esters is 1. The van der Waals surface area contributed by atoms with Gasteiger partial charge < -0.3 is 10.1 Å². The van der Waals surface area contributed by atoms with Crippen molar-refractivity contribution in [3.8, 4) is 0 Å². The molecular formula is C18H20Cl2N2O3. The van der Waals surface area contributed by atoms with E-state index < -0.39 is 5.91 Å². The number of anilines is 1. The van der Waals surface area contributed by atoms with E-state index in [2.05, 4.69) is 10.3 Å². The first-order valence-corrected chi connectivity index (χ1v) is 9.52. The van der Waals surface area contributed by atoms with E-state index in [0.717, 1.165) is 37.5 Å². The number of rotatable bonds is 4. The third kappa shape index (κ3) is 3.49. The van der Waals surface area contributed by atoms with Crippen LogP contribution in [0, 0.1) is 29.6 Å². The van der Waals surface area contributed by atoms with Gasteiger partial charge in [-0.25, -0.2) is 4.98 Å². The van der Waals surface area contributed by atoms with Crippen LogP contribution in [0.5, 0.6) is 0 Å². The van der Waals surface area contributed by atoms with Crippen LogP contribution in [-0.4, -0.2) is 23.5 Å². The number of aromatic nitrogens is 1. The van der Waals surface area contributed by atoms with Crippen LogP contribution in [0.15, 0.2) is 12.3 Å². The molecule has 4 saturated carbocycles. The fraction of sp³-hybridized carbons (Fsp3) is 0.611. The highest BCUT2D eigenvalue weighted by Crippen LogP contribution is 2.56. The number of carbonyl (C=O) groups is 2. The highest BCUT2D eigenvalue weighted by atomic mass is 35.5. The summed E-state index contributed by atoms with van der Waals surface area (Å²) in [5, 5.41) is 3.17. The summed E-state index contributed by atoms with van der Waals surface area (Å²) >= 11 is 11.7. The zero-order valence-electron chi connectivity index (χ0n) is 13.7. The quantitative estimate of drug-likeness (QED) is 0.800. The van der Waals surface area contributed by atoms with E-state index in [0.29, 0.717) is 16.9 Å². The molecule has 4 aliphatic carbocycles. The summed E-state index contributed by atoms with van der Waals surface area (Å²) in [6.45, 7) is -0.317. The number of halogens is 2. The number of carbonyl (C=O) groups excluding carboxylic acids is 2. The number of hydrogen-bond donors (Lipinski definition) is 1. The van der Waals surface area contributed by atoms with Gasteiger partial charge in [-0.1, -0.05) is 23.2 Å². The summed E-state index contributed by atoms with van der Waals surface area (Å²) in [5.41, 5.74) is 0. The molecule has 4 aliphatic rings. The Hall–Kier alpha value is -1.33. The molecule has 0 aromatic carbocycles. The molecule has 4 fully saturated rings. The minimum absolute atomic E-state index is 0.0298. The van der Waals surface area contributed by atoms with E-state index in [-0.39, 0.29) is 29.3 Å². The van der Waals surface area contributed by atoms with Crippen molar-refractivity contribution in [3.63, 3.8) is 0 Å². The lowest BCUT2D eigenvalue weighted by atomic mass is 9.52. The molecule has 4 bridgehead atoms. The van der Waals surface area contributed by atoms with Gasteiger partial charge in [0.25, 0.3) is 5.91 Å². The second kappa shape index (κ2) is 6.76. The molecule has 0 radical (unpaired) electrons. The highest BCUT2D eigenvalue weighted by Gasteiger charge is 2.51. The van der Waals surface area contributed by atoms with E-state index in [1.54, 1.807) is 0 Å². The fourth-order valence-electron chi connectivity index (χ4n) is 5.22. The highest BCUT2D eigenvalue weighted by molar-refractivity contribution is 6.36. The zero-order valence-corrected chi connectivity index (χ0v) is 15.2. The molecule has 0 atom stereocenters. The molecule has 1 aromatic heterocycles. The van der Waals surface area contributed by atoms with Gasteiger partial charge in [0.05, 0.1) is 16.0 Å². The average molecular weight is 383 g/mol. The van der Waals surface area contributed by atoms with E-state index in [1.807, 2.05) is 0 Å². The predicted molar refractivity (Wildman–Crippen MR) is 94.4 cm³/mol. The minimum atomic E-state index is -0.450. The largest absolute Gasteiger partial charge is 0.455 e. The number of nitrogens with one attached hydrogen (secondary N) is 1. The number of pyridine rings is 1. The Morgan fingerprint density at radius 2 is 1.76 bits per heavy atom. The van der Waals surface area contributed by atoms with E-state index >= 15 is 0 Å². The van der Waals surface area contributed by atoms with E-state index in [9.17, 15) is 9.59 Å². The van der Waals surface area contributed by atoms with Crippen molar-refractivity contribution in [1.82, 2.24) is 4.98 Å². The topological polar surface area (TPSA) is 68.3 Å². The van der Waals surface area contributed by atoms with Gasteiger partial charge in [-0.3, -0.25) is 9.59 Å². The lowest BCUT2D eigenvalue weighted by Gasteiger charge is -2.53. The maximum absolute atomic E-state index is 12.5. The first-order chi connectivity index (χ1) is 12.0. The standard InChI is InChI=1S/C18H20Cl2N2O3/c19-13-6-14(20)17(21-7-13)22-15(23)8-25-18(24)16-11-2-9-1-10(4-11)5-12(16)3-9/h6-7,9-12,16H,1-5,8H2,(H,21,22,23). The molecule has 134 valence electrons. The summed E-state index contributed by atoms with van der Waals surface area (Å²) in [6, 6.07) is 1.49. The smallest absolute Gasteiger partial charge is 0.310 e. The monoisotopic (exact) mass is 382 g/mol. The van der Waals surface area contributed by atoms with Crippen LogP contribution in [0.1, 0.15) is 32.1 Å². The van der Waals surface area contributed by atoms with Gasteiger partial charge in [-0.2, -0.15) is 0 Å². The van der Waals surface area contributed by atoms with Crippen molar-refractivity contribution in [2.24, 2.45) is 29.6 Å². The normalized spacial score (nSPS) is 32.5. The Bertz CT molecular complexity index is 682. The molecule has 1 aromatic rings. The van der Waals surface area contributed by atoms with Crippen LogP contribution >= 0.6 is 23.2 Å². The van der Waals surface area contributed by atoms with E-state index in [4.69, 9.17) is 27.9 Å². The molecular weight excluding hydrogens is 363 g/mol. The van der Waals surface area contributed by atoms with Gasteiger partial charge in [-0.15, -0.1) is 0 Å². The molecule has 7 heteroatoms. The maximum atomic E-state index is 12.5. The minimum Gasteiger partial charge on any atom is -0.455 e. The number of hydrogen-bond acceptors (Lipinski definition) is 4. The van der Waals surface area contributed by atoms with Crippen molar-refractivity contribution in [2.75, 3.05) is 11.9 Å². The Kier molecular flexibility index (Phi) is 4.63. The summed E-state index contributed by atoms with van der Waals surface area (Å²) in [5.74, 6) is 1.99. The first-order valence-electron chi connectivity index (χ1n) is 8.77. The van der Waals surface area contributed by atoms with Gasteiger partial charge in [-0.05, 0) is 61.8 Å². The second-order valence-corrected chi connectivity index (χ2v) is 8.44.